The van der Waals surface area contributed by atoms with Crippen molar-refractivity contribution in [3.05, 3.63) is 29.3 Å². The molecule has 0 saturated heterocycles. The van der Waals surface area contributed by atoms with Gasteiger partial charge in [-0.25, -0.2) is 0 Å². The van der Waals surface area contributed by atoms with Crippen LogP contribution in [0.4, 0.5) is 5.69 Å². The summed E-state index contributed by atoms with van der Waals surface area (Å²) in [6, 6.07) is 7.22. The van der Waals surface area contributed by atoms with Gasteiger partial charge in [-0.3, -0.25) is 4.79 Å². The molecule has 0 bridgehead atoms. The molecule has 2 aliphatic rings. The summed E-state index contributed by atoms with van der Waals surface area (Å²) in [7, 11) is 0. The summed E-state index contributed by atoms with van der Waals surface area (Å²) in [5.74, 6) is 0.0985. The Morgan fingerprint density at radius 2 is 2.05 bits per heavy atom. The third-order valence-corrected chi connectivity index (χ3v) is 4.16. The lowest BCUT2D eigenvalue weighted by Crippen LogP contribution is -2.37. The highest BCUT2D eigenvalue weighted by Crippen LogP contribution is 2.24. The molecule has 4 heteroatoms. The number of benzene rings is 1. The molecular formula is C15H21N3O. The molecule has 3 rings (SSSR count). The van der Waals surface area contributed by atoms with Gasteiger partial charge >= 0.3 is 0 Å². The van der Waals surface area contributed by atoms with E-state index in [0.717, 1.165) is 30.6 Å². The molecule has 4 nitrogen and oxygen atoms in total. The Balaban J connectivity index is 1.56. The number of amides is 1. The third kappa shape index (κ3) is 2.96. The zero-order chi connectivity index (χ0) is 13.2. The fourth-order valence-corrected chi connectivity index (χ4v) is 2.98. The number of anilines is 1. The van der Waals surface area contributed by atoms with Crippen LogP contribution in [-0.4, -0.2) is 18.0 Å². The summed E-state index contributed by atoms with van der Waals surface area (Å²) in [6.45, 7) is 0.876. The number of fused-ring (bicyclic) bond motifs is 1. The van der Waals surface area contributed by atoms with Gasteiger partial charge in [-0.15, -0.1) is 0 Å². The van der Waals surface area contributed by atoms with Gasteiger partial charge < -0.3 is 16.4 Å². The van der Waals surface area contributed by atoms with E-state index < -0.39 is 0 Å². The summed E-state index contributed by atoms with van der Waals surface area (Å²) in [6.07, 6.45) is 5.11. The van der Waals surface area contributed by atoms with Gasteiger partial charge in [-0.05, 0) is 42.9 Å². The fourth-order valence-electron chi connectivity index (χ4n) is 2.98. The SMILES string of the molecule is NC1CCC(NCc2ccc3c(c2)CC(=O)N3)CC1. The second-order valence-corrected chi connectivity index (χ2v) is 5.71. The molecule has 1 aliphatic carbocycles. The molecule has 0 atom stereocenters. The molecule has 4 N–H and O–H groups in total. The predicted octanol–water partition coefficient (Wildman–Crippen LogP) is 1.54. The lowest BCUT2D eigenvalue weighted by atomic mass is 9.91. The number of hydrogen-bond acceptors (Lipinski definition) is 3. The lowest BCUT2D eigenvalue weighted by molar-refractivity contribution is -0.115. The van der Waals surface area contributed by atoms with Crippen molar-refractivity contribution in [2.24, 2.45) is 5.73 Å². The van der Waals surface area contributed by atoms with Crippen LogP contribution in [0.3, 0.4) is 0 Å². The number of nitrogens with one attached hydrogen (secondary N) is 2. The number of nitrogens with two attached hydrogens (primary N) is 1. The van der Waals surface area contributed by atoms with Crippen molar-refractivity contribution in [3.8, 4) is 0 Å². The van der Waals surface area contributed by atoms with Gasteiger partial charge in [0.2, 0.25) is 5.91 Å². The molecular weight excluding hydrogens is 238 g/mol. The standard InChI is InChI=1S/C15H21N3O/c16-12-2-4-13(5-3-12)17-9-10-1-6-14-11(7-10)8-15(19)18-14/h1,6-7,12-13,17H,2-5,8-9,16H2,(H,18,19). The first kappa shape index (κ1) is 12.6. The number of carbonyl (C=O) groups is 1. The second-order valence-electron chi connectivity index (χ2n) is 5.71. The summed E-state index contributed by atoms with van der Waals surface area (Å²) in [5, 5.41) is 6.46. The van der Waals surface area contributed by atoms with Crippen LogP contribution in [0.5, 0.6) is 0 Å². The van der Waals surface area contributed by atoms with E-state index in [-0.39, 0.29) is 5.91 Å². The van der Waals surface area contributed by atoms with Gasteiger partial charge in [0.25, 0.3) is 0 Å². The van der Waals surface area contributed by atoms with E-state index in [1.54, 1.807) is 0 Å². The van der Waals surface area contributed by atoms with Crippen LogP contribution in [0.25, 0.3) is 0 Å². The Labute approximate surface area is 113 Å². The maximum atomic E-state index is 11.3. The van der Waals surface area contributed by atoms with Crippen molar-refractivity contribution in [2.45, 2.75) is 50.7 Å². The molecule has 1 aliphatic heterocycles. The first-order chi connectivity index (χ1) is 9.20. The second kappa shape index (κ2) is 5.31. The number of carbonyl (C=O) groups excluding carboxylic acids is 1. The van der Waals surface area contributed by atoms with Crippen LogP contribution in [0, 0.1) is 0 Å². The van der Waals surface area contributed by atoms with Crippen molar-refractivity contribution in [1.82, 2.24) is 5.32 Å². The van der Waals surface area contributed by atoms with Crippen LogP contribution < -0.4 is 16.4 Å². The zero-order valence-corrected chi connectivity index (χ0v) is 11.1. The van der Waals surface area contributed by atoms with Gasteiger partial charge in [0.05, 0.1) is 6.42 Å². The van der Waals surface area contributed by atoms with Crippen molar-refractivity contribution in [2.75, 3.05) is 5.32 Å². The smallest absolute Gasteiger partial charge is 0.228 e. The average Bonchev–Trinajstić information content (AvgIpc) is 2.77. The van der Waals surface area contributed by atoms with Crippen LogP contribution in [0.1, 0.15) is 36.8 Å². The van der Waals surface area contributed by atoms with Gasteiger partial charge in [0.1, 0.15) is 0 Å². The van der Waals surface area contributed by atoms with Crippen molar-refractivity contribution in [1.29, 1.82) is 0 Å². The topological polar surface area (TPSA) is 67.1 Å². The average molecular weight is 259 g/mol. The number of hydrogen-bond donors (Lipinski definition) is 3. The Kier molecular flexibility index (Phi) is 3.53. The van der Waals surface area contributed by atoms with E-state index in [2.05, 4.69) is 22.8 Å². The van der Waals surface area contributed by atoms with Crippen molar-refractivity contribution < 1.29 is 4.79 Å². The van der Waals surface area contributed by atoms with E-state index in [4.69, 9.17) is 5.73 Å². The quantitative estimate of drug-likeness (QED) is 0.771. The molecule has 1 aromatic carbocycles. The molecule has 0 radical (unpaired) electrons. The van der Waals surface area contributed by atoms with E-state index in [0.29, 0.717) is 18.5 Å². The van der Waals surface area contributed by atoms with Crippen LogP contribution >= 0.6 is 0 Å². The molecule has 0 spiro atoms. The molecule has 19 heavy (non-hydrogen) atoms. The Hall–Kier alpha value is -1.39. The molecule has 1 amide bonds. The highest BCUT2D eigenvalue weighted by atomic mass is 16.1. The zero-order valence-electron chi connectivity index (χ0n) is 11.1. The Morgan fingerprint density at radius 1 is 1.26 bits per heavy atom. The minimum absolute atomic E-state index is 0.0985. The summed E-state index contributed by atoms with van der Waals surface area (Å²) < 4.78 is 0. The van der Waals surface area contributed by atoms with E-state index in [9.17, 15) is 4.79 Å². The van der Waals surface area contributed by atoms with E-state index in [1.165, 1.54) is 18.4 Å². The van der Waals surface area contributed by atoms with Crippen LogP contribution in [-0.2, 0) is 17.8 Å². The predicted molar refractivity (Wildman–Crippen MR) is 75.8 cm³/mol. The summed E-state index contributed by atoms with van der Waals surface area (Å²) >= 11 is 0. The van der Waals surface area contributed by atoms with Gasteiger partial charge in [0, 0.05) is 24.3 Å². The normalized spacial score (nSPS) is 26.1. The molecule has 1 fully saturated rings. The van der Waals surface area contributed by atoms with Crippen LogP contribution in [0.15, 0.2) is 18.2 Å². The molecule has 0 unspecified atom stereocenters. The van der Waals surface area contributed by atoms with Gasteiger partial charge in [-0.2, -0.15) is 0 Å². The van der Waals surface area contributed by atoms with Gasteiger partial charge in [-0.1, -0.05) is 12.1 Å². The van der Waals surface area contributed by atoms with Crippen LogP contribution in [0.2, 0.25) is 0 Å². The van der Waals surface area contributed by atoms with E-state index in [1.807, 2.05) is 6.07 Å². The molecule has 102 valence electrons. The van der Waals surface area contributed by atoms with Gasteiger partial charge in [0.15, 0.2) is 0 Å². The fraction of sp³-hybridized carbons (Fsp3) is 0.533. The number of rotatable bonds is 3. The maximum Gasteiger partial charge on any atom is 0.228 e. The highest BCUT2D eigenvalue weighted by Gasteiger charge is 2.19. The monoisotopic (exact) mass is 259 g/mol. The minimum Gasteiger partial charge on any atom is -0.328 e. The highest BCUT2D eigenvalue weighted by molar-refractivity contribution is 5.99. The first-order valence-corrected chi connectivity index (χ1v) is 7.11. The molecule has 1 heterocycles. The minimum atomic E-state index is 0.0985. The molecule has 1 aromatic rings. The largest absolute Gasteiger partial charge is 0.328 e. The lowest BCUT2D eigenvalue weighted by Gasteiger charge is -2.27. The first-order valence-electron chi connectivity index (χ1n) is 7.11. The Bertz CT molecular complexity index is 478. The summed E-state index contributed by atoms with van der Waals surface area (Å²) in [5.41, 5.74) is 9.26. The Morgan fingerprint density at radius 3 is 2.84 bits per heavy atom. The summed E-state index contributed by atoms with van der Waals surface area (Å²) in [4.78, 5) is 11.3. The van der Waals surface area contributed by atoms with Crippen molar-refractivity contribution >= 4 is 11.6 Å². The third-order valence-electron chi connectivity index (χ3n) is 4.16. The van der Waals surface area contributed by atoms with Crippen molar-refractivity contribution in [3.63, 3.8) is 0 Å². The van der Waals surface area contributed by atoms with E-state index >= 15 is 0 Å². The molecule has 0 aromatic heterocycles. The maximum absolute atomic E-state index is 11.3. The molecule has 1 saturated carbocycles.